The lowest BCUT2D eigenvalue weighted by Gasteiger charge is -2.18. The lowest BCUT2D eigenvalue weighted by Crippen LogP contribution is -2.23. The van der Waals surface area contributed by atoms with Gasteiger partial charge in [-0.3, -0.25) is 0 Å². The molecule has 0 radical (unpaired) electrons. The monoisotopic (exact) mass is 402 g/mol. The predicted molar refractivity (Wildman–Crippen MR) is 120 cm³/mol. The average Bonchev–Trinajstić information content (AvgIpc) is 3.03. The van der Waals surface area contributed by atoms with Gasteiger partial charge < -0.3 is 20.8 Å². The molecule has 1 heterocycles. The first kappa shape index (κ1) is 19.8. The van der Waals surface area contributed by atoms with Crippen molar-refractivity contribution in [2.75, 3.05) is 6.61 Å². The third kappa shape index (κ3) is 3.45. The lowest BCUT2D eigenvalue weighted by atomic mass is 9.86. The molecule has 1 aliphatic rings. The zero-order valence-electron chi connectivity index (χ0n) is 17.3. The van der Waals surface area contributed by atoms with Crippen molar-refractivity contribution < 1.29 is 9.53 Å². The van der Waals surface area contributed by atoms with Crippen LogP contribution in [0, 0.1) is 0 Å². The maximum atomic E-state index is 12.9. The van der Waals surface area contributed by atoms with E-state index in [1.165, 1.54) is 16.7 Å². The molecule has 2 aromatic carbocycles. The Morgan fingerprint density at radius 1 is 1.20 bits per heavy atom. The molecule has 6 heteroatoms. The van der Waals surface area contributed by atoms with E-state index in [9.17, 15) is 4.79 Å². The molecule has 6 nitrogen and oxygen atoms in total. The second-order valence-corrected chi connectivity index (χ2v) is 7.39. The molecule has 3 aromatic rings. The van der Waals surface area contributed by atoms with Crippen LogP contribution in [-0.2, 0) is 24.8 Å². The van der Waals surface area contributed by atoms with Gasteiger partial charge in [-0.15, -0.1) is 0 Å². The van der Waals surface area contributed by atoms with Crippen LogP contribution in [0.15, 0.2) is 53.5 Å². The Bertz CT molecular complexity index is 1180. The van der Waals surface area contributed by atoms with E-state index in [1.54, 1.807) is 6.92 Å². The molecular weight excluding hydrogens is 376 g/mol. The minimum atomic E-state index is -0.362. The van der Waals surface area contributed by atoms with Crippen molar-refractivity contribution in [1.29, 1.82) is 0 Å². The maximum Gasteiger partial charge on any atom is 0.340 e. The van der Waals surface area contributed by atoms with E-state index >= 15 is 0 Å². The number of benzene rings is 2. The summed E-state index contributed by atoms with van der Waals surface area (Å²) in [6, 6.07) is 14.7. The average molecular weight is 402 g/mol. The van der Waals surface area contributed by atoms with E-state index in [2.05, 4.69) is 47.5 Å². The van der Waals surface area contributed by atoms with Gasteiger partial charge in [-0.1, -0.05) is 36.4 Å². The van der Waals surface area contributed by atoms with E-state index in [0.717, 1.165) is 35.0 Å². The minimum absolute atomic E-state index is 0.0141. The summed E-state index contributed by atoms with van der Waals surface area (Å²) in [6.45, 7) is 2.31. The number of aliphatic imine (C=N–C) groups is 1. The SMILES string of the molecule is CCOC(=O)c1c(CN=C(N)N)n(C)c2ccc(C3=CCCc4ccccc43)cc12. The number of nitrogens with two attached hydrogens (primary N) is 2. The summed E-state index contributed by atoms with van der Waals surface area (Å²) in [7, 11) is 1.91. The van der Waals surface area contributed by atoms with E-state index in [0.29, 0.717) is 12.2 Å². The van der Waals surface area contributed by atoms with Gasteiger partial charge in [0.25, 0.3) is 0 Å². The molecular formula is C24H26N4O2. The molecule has 1 aliphatic carbocycles. The van der Waals surface area contributed by atoms with Gasteiger partial charge in [0.15, 0.2) is 5.96 Å². The fourth-order valence-corrected chi connectivity index (χ4v) is 4.20. The van der Waals surface area contributed by atoms with Crippen LogP contribution in [0.5, 0.6) is 0 Å². The number of hydrogen-bond donors (Lipinski definition) is 2. The van der Waals surface area contributed by atoms with Gasteiger partial charge in [0.1, 0.15) is 0 Å². The standard InChI is InChI=1S/C24H26N4O2/c1-3-30-23(29)22-19-13-16(18-10-6-8-15-7-4-5-9-17(15)18)11-12-20(19)28(2)21(22)14-27-24(25)26/h4-5,7,9-13H,3,6,8,14H2,1-2H3,(H4,25,26,27). The van der Waals surface area contributed by atoms with Gasteiger partial charge >= 0.3 is 5.97 Å². The summed E-state index contributed by atoms with van der Waals surface area (Å²) in [5.41, 5.74) is 18.1. The first-order chi connectivity index (χ1) is 14.5. The van der Waals surface area contributed by atoms with Crippen molar-refractivity contribution in [2.24, 2.45) is 23.5 Å². The van der Waals surface area contributed by atoms with E-state index in [-0.39, 0.29) is 18.5 Å². The fourth-order valence-electron chi connectivity index (χ4n) is 4.20. The minimum Gasteiger partial charge on any atom is -0.462 e. The lowest BCUT2D eigenvalue weighted by molar-refractivity contribution is 0.0527. The zero-order chi connectivity index (χ0) is 21.3. The summed E-state index contributed by atoms with van der Waals surface area (Å²) >= 11 is 0. The normalized spacial score (nSPS) is 12.9. The second kappa shape index (κ2) is 8.06. The molecule has 1 aromatic heterocycles. The van der Waals surface area contributed by atoms with Crippen molar-refractivity contribution in [2.45, 2.75) is 26.3 Å². The van der Waals surface area contributed by atoms with Crippen LogP contribution < -0.4 is 11.5 Å². The zero-order valence-corrected chi connectivity index (χ0v) is 17.3. The number of carbonyl (C=O) groups excluding carboxylic acids is 1. The van der Waals surface area contributed by atoms with Crippen LogP contribution in [0.25, 0.3) is 16.5 Å². The molecule has 0 bridgehead atoms. The van der Waals surface area contributed by atoms with Gasteiger partial charge in [-0.05, 0) is 54.2 Å². The van der Waals surface area contributed by atoms with Gasteiger partial charge in [0.2, 0.25) is 0 Å². The highest BCUT2D eigenvalue weighted by Crippen LogP contribution is 2.35. The van der Waals surface area contributed by atoms with E-state index in [4.69, 9.17) is 16.2 Å². The third-order valence-electron chi connectivity index (χ3n) is 5.59. The number of hydrogen-bond acceptors (Lipinski definition) is 3. The number of esters is 1. The van der Waals surface area contributed by atoms with E-state index in [1.807, 2.05) is 17.7 Å². The van der Waals surface area contributed by atoms with Crippen molar-refractivity contribution in [3.8, 4) is 0 Å². The number of nitrogens with zero attached hydrogens (tertiary/aromatic N) is 2. The first-order valence-electron chi connectivity index (χ1n) is 10.1. The van der Waals surface area contributed by atoms with Crippen molar-refractivity contribution in [1.82, 2.24) is 4.57 Å². The Labute approximate surface area is 175 Å². The number of allylic oxidation sites excluding steroid dienone is 1. The number of aromatic nitrogens is 1. The smallest absolute Gasteiger partial charge is 0.340 e. The largest absolute Gasteiger partial charge is 0.462 e. The van der Waals surface area contributed by atoms with Crippen molar-refractivity contribution >= 4 is 28.4 Å². The van der Waals surface area contributed by atoms with Crippen LogP contribution in [0.2, 0.25) is 0 Å². The molecule has 0 spiro atoms. The Morgan fingerprint density at radius 3 is 2.77 bits per heavy atom. The van der Waals surface area contributed by atoms with Gasteiger partial charge in [0.05, 0.1) is 24.4 Å². The number of rotatable bonds is 5. The van der Waals surface area contributed by atoms with Gasteiger partial charge in [-0.2, -0.15) is 0 Å². The van der Waals surface area contributed by atoms with Crippen LogP contribution in [0.3, 0.4) is 0 Å². The molecule has 0 aliphatic heterocycles. The van der Waals surface area contributed by atoms with Crippen LogP contribution in [0.4, 0.5) is 0 Å². The fraction of sp³-hybridized carbons (Fsp3) is 0.250. The van der Waals surface area contributed by atoms with Crippen LogP contribution in [0.1, 0.15) is 46.1 Å². The van der Waals surface area contributed by atoms with E-state index < -0.39 is 0 Å². The summed E-state index contributed by atoms with van der Waals surface area (Å²) in [5.74, 6) is -0.376. The number of aryl methyl sites for hydroxylation is 2. The first-order valence-corrected chi connectivity index (χ1v) is 10.1. The Balaban J connectivity index is 1.90. The molecule has 0 unspecified atom stereocenters. The molecule has 0 amide bonds. The predicted octanol–water partition coefficient (Wildman–Crippen LogP) is 3.51. The molecule has 0 fully saturated rings. The molecule has 0 atom stereocenters. The highest BCUT2D eigenvalue weighted by Gasteiger charge is 2.23. The quantitative estimate of drug-likeness (QED) is 0.388. The summed E-state index contributed by atoms with van der Waals surface area (Å²) in [6.07, 6.45) is 4.32. The van der Waals surface area contributed by atoms with Gasteiger partial charge in [0, 0.05) is 18.0 Å². The molecule has 0 saturated carbocycles. The summed E-state index contributed by atoms with van der Waals surface area (Å²) in [4.78, 5) is 17.0. The number of ether oxygens (including phenoxy) is 1. The Hall–Kier alpha value is -3.54. The highest BCUT2D eigenvalue weighted by atomic mass is 16.5. The summed E-state index contributed by atoms with van der Waals surface area (Å²) in [5, 5.41) is 0.846. The van der Waals surface area contributed by atoms with Crippen LogP contribution in [-0.4, -0.2) is 23.1 Å². The number of guanidine groups is 1. The second-order valence-electron chi connectivity index (χ2n) is 7.39. The van der Waals surface area contributed by atoms with Crippen molar-refractivity contribution in [3.05, 3.63) is 76.5 Å². The third-order valence-corrected chi connectivity index (χ3v) is 5.59. The number of carbonyl (C=O) groups is 1. The Morgan fingerprint density at radius 2 is 2.00 bits per heavy atom. The number of fused-ring (bicyclic) bond motifs is 2. The molecule has 4 N–H and O–H groups in total. The summed E-state index contributed by atoms with van der Waals surface area (Å²) < 4.78 is 7.32. The molecule has 0 saturated heterocycles. The highest BCUT2D eigenvalue weighted by molar-refractivity contribution is 6.07. The Kier molecular flexibility index (Phi) is 5.31. The maximum absolute atomic E-state index is 12.9. The molecule has 30 heavy (non-hydrogen) atoms. The topological polar surface area (TPSA) is 95.6 Å². The van der Waals surface area contributed by atoms with Crippen LogP contribution >= 0.6 is 0 Å². The van der Waals surface area contributed by atoms with Crippen molar-refractivity contribution in [3.63, 3.8) is 0 Å². The molecule has 4 rings (SSSR count). The molecule has 154 valence electrons. The van der Waals surface area contributed by atoms with Gasteiger partial charge in [-0.25, -0.2) is 9.79 Å².